The minimum absolute atomic E-state index is 0.187. The van der Waals surface area contributed by atoms with E-state index in [1.54, 1.807) is 10.4 Å². The molecule has 1 aliphatic heterocycles. The Hall–Kier alpha value is -0.620. The number of nitrogens with zero attached hydrogens (tertiary/aromatic N) is 1. The lowest BCUT2D eigenvalue weighted by Gasteiger charge is -2.17. The topological polar surface area (TPSA) is 57.6 Å². The average Bonchev–Trinajstić information content (AvgIpc) is 2.99. The van der Waals surface area contributed by atoms with E-state index in [0.717, 1.165) is 12.8 Å². The zero-order valence-electron chi connectivity index (χ0n) is 11.1. The molecule has 0 radical (unpaired) electrons. The van der Waals surface area contributed by atoms with Crippen molar-refractivity contribution in [1.29, 1.82) is 0 Å². The van der Waals surface area contributed by atoms with E-state index >= 15 is 0 Å². The lowest BCUT2D eigenvalue weighted by Crippen LogP contribution is -2.29. The second-order valence-electron chi connectivity index (χ2n) is 5.68. The van der Waals surface area contributed by atoms with Gasteiger partial charge in [0.05, 0.1) is 11.5 Å². The molecular formula is C14H18ClNO3S. The van der Waals surface area contributed by atoms with Crippen LogP contribution in [0.5, 0.6) is 0 Å². The normalized spacial score (nSPS) is 26.9. The summed E-state index contributed by atoms with van der Waals surface area (Å²) in [5.41, 5.74) is 0.545. The number of hydrogen-bond acceptors (Lipinski definition) is 3. The van der Waals surface area contributed by atoms with Gasteiger partial charge in [-0.3, -0.25) is 0 Å². The fourth-order valence-electron chi connectivity index (χ4n) is 3.35. The van der Waals surface area contributed by atoms with Crippen LogP contribution < -0.4 is 0 Å². The first-order valence-electron chi connectivity index (χ1n) is 6.92. The molecule has 20 heavy (non-hydrogen) atoms. The van der Waals surface area contributed by atoms with Crippen LogP contribution >= 0.6 is 11.6 Å². The van der Waals surface area contributed by atoms with Crippen LogP contribution in [-0.4, -0.2) is 30.9 Å². The molecule has 3 rings (SSSR count). The molecule has 2 unspecified atom stereocenters. The van der Waals surface area contributed by atoms with E-state index in [1.165, 1.54) is 18.6 Å². The Kier molecular flexibility index (Phi) is 3.79. The van der Waals surface area contributed by atoms with E-state index in [9.17, 15) is 8.42 Å². The van der Waals surface area contributed by atoms with Crippen LogP contribution in [0.15, 0.2) is 23.1 Å². The highest BCUT2D eigenvalue weighted by molar-refractivity contribution is 7.89. The maximum absolute atomic E-state index is 12.6. The summed E-state index contributed by atoms with van der Waals surface area (Å²) in [5, 5.41) is 9.39. The summed E-state index contributed by atoms with van der Waals surface area (Å²) < 4.78 is 26.8. The Morgan fingerprint density at radius 1 is 1.25 bits per heavy atom. The van der Waals surface area contributed by atoms with E-state index in [-0.39, 0.29) is 11.5 Å². The van der Waals surface area contributed by atoms with Crippen molar-refractivity contribution in [2.75, 3.05) is 13.1 Å². The summed E-state index contributed by atoms with van der Waals surface area (Å²) in [6, 6.07) is 4.55. The molecule has 110 valence electrons. The highest BCUT2D eigenvalue weighted by atomic mass is 35.5. The number of fused-ring (bicyclic) bond motifs is 1. The summed E-state index contributed by atoms with van der Waals surface area (Å²) in [6.07, 6.45) is 3.50. The fraction of sp³-hybridized carbons (Fsp3) is 0.571. The minimum atomic E-state index is -3.46. The Balaban J connectivity index is 1.87. The third kappa shape index (κ3) is 2.37. The summed E-state index contributed by atoms with van der Waals surface area (Å²) >= 11 is 6.00. The smallest absolute Gasteiger partial charge is 0.243 e. The summed E-state index contributed by atoms with van der Waals surface area (Å²) in [5.74, 6) is 1.05. The lowest BCUT2D eigenvalue weighted by molar-refractivity contribution is 0.282. The van der Waals surface area contributed by atoms with Gasteiger partial charge in [0.15, 0.2) is 0 Å². The van der Waals surface area contributed by atoms with Gasteiger partial charge >= 0.3 is 0 Å². The first-order chi connectivity index (χ1) is 9.52. The van der Waals surface area contributed by atoms with Gasteiger partial charge in [-0.25, -0.2) is 8.42 Å². The highest BCUT2D eigenvalue weighted by Gasteiger charge is 2.41. The molecule has 2 atom stereocenters. The van der Waals surface area contributed by atoms with Gasteiger partial charge < -0.3 is 5.11 Å². The van der Waals surface area contributed by atoms with E-state index < -0.39 is 10.0 Å². The predicted octanol–water partition coefficient (Wildman–Crippen LogP) is 2.25. The van der Waals surface area contributed by atoms with Crippen molar-refractivity contribution in [2.24, 2.45) is 11.8 Å². The van der Waals surface area contributed by atoms with Crippen LogP contribution in [0.1, 0.15) is 24.8 Å². The third-order valence-electron chi connectivity index (χ3n) is 4.53. The van der Waals surface area contributed by atoms with Crippen molar-refractivity contribution in [3.63, 3.8) is 0 Å². The molecule has 1 aromatic rings. The molecule has 1 aliphatic carbocycles. The molecule has 0 amide bonds. The van der Waals surface area contributed by atoms with E-state index in [4.69, 9.17) is 16.7 Å². The summed E-state index contributed by atoms with van der Waals surface area (Å²) in [4.78, 5) is 0.222. The molecule has 0 bridgehead atoms. The molecule has 4 nitrogen and oxygen atoms in total. The Bertz CT molecular complexity index is 605. The lowest BCUT2D eigenvalue weighted by atomic mass is 10.0. The van der Waals surface area contributed by atoms with Crippen molar-refractivity contribution in [1.82, 2.24) is 4.31 Å². The average molecular weight is 316 g/mol. The van der Waals surface area contributed by atoms with Crippen LogP contribution in [0.3, 0.4) is 0 Å². The highest BCUT2D eigenvalue weighted by Crippen LogP contribution is 2.40. The van der Waals surface area contributed by atoms with E-state index in [2.05, 4.69) is 0 Å². The maximum atomic E-state index is 12.6. The number of rotatable bonds is 3. The first-order valence-corrected chi connectivity index (χ1v) is 8.73. The van der Waals surface area contributed by atoms with E-state index in [0.29, 0.717) is 35.5 Å². The zero-order chi connectivity index (χ0) is 14.3. The molecule has 0 aromatic heterocycles. The van der Waals surface area contributed by atoms with Crippen LogP contribution in [0, 0.1) is 11.8 Å². The molecule has 1 N–H and O–H groups in total. The molecule has 0 spiro atoms. The van der Waals surface area contributed by atoms with Crippen LogP contribution in [-0.2, 0) is 16.6 Å². The van der Waals surface area contributed by atoms with Gasteiger partial charge in [0.1, 0.15) is 0 Å². The number of hydrogen-bond donors (Lipinski definition) is 1. The van der Waals surface area contributed by atoms with Crippen molar-refractivity contribution in [2.45, 2.75) is 30.8 Å². The quantitative estimate of drug-likeness (QED) is 0.930. The molecule has 2 fully saturated rings. The number of halogens is 1. The Morgan fingerprint density at radius 3 is 2.45 bits per heavy atom. The zero-order valence-corrected chi connectivity index (χ0v) is 12.7. The number of sulfonamides is 1. The second-order valence-corrected chi connectivity index (χ2v) is 8.03. The van der Waals surface area contributed by atoms with Gasteiger partial charge in [0, 0.05) is 18.1 Å². The van der Waals surface area contributed by atoms with Crippen molar-refractivity contribution in [3.8, 4) is 0 Å². The molecule has 1 heterocycles. The van der Waals surface area contributed by atoms with Crippen molar-refractivity contribution in [3.05, 3.63) is 28.8 Å². The summed E-state index contributed by atoms with van der Waals surface area (Å²) in [7, 11) is -3.46. The van der Waals surface area contributed by atoms with Gasteiger partial charge in [-0.15, -0.1) is 0 Å². The molecular weight excluding hydrogens is 298 g/mol. The molecule has 1 saturated heterocycles. The second kappa shape index (κ2) is 5.30. The Labute approximate surface area is 124 Å². The van der Waals surface area contributed by atoms with Crippen LogP contribution in [0.25, 0.3) is 0 Å². The third-order valence-corrected chi connectivity index (χ3v) is 6.70. The molecule has 1 saturated carbocycles. The molecule has 2 aliphatic rings. The first kappa shape index (κ1) is 14.3. The van der Waals surface area contributed by atoms with Gasteiger partial charge in [-0.1, -0.05) is 24.1 Å². The Morgan fingerprint density at radius 2 is 1.90 bits per heavy atom. The number of aliphatic hydroxyl groups excluding tert-OH is 1. The van der Waals surface area contributed by atoms with Gasteiger partial charge in [0.2, 0.25) is 10.0 Å². The van der Waals surface area contributed by atoms with Crippen LogP contribution in [0.4, 0.5) is 0 Å². The molecule has 6 heteroatoms. The minimum Gasteiger partial charge on any atom is -0.392 e. The largest absolute Gasteiger partial charge is 0.392 e. The fourth-order valence-corrected chi connectivity index (χ4v) is 5.24. The van der Waals surface area contributed by atoms with Gasteiger partial charge in [0.25, 0.3) is 0 Å². The van der Waals surface area contributed by atoms with Crippen LogP contribution in [0.2, 0.25) is 5.02 Å². The SMILES string of the molecule is O=S(=O)(c1ccc(CO)c(Cl)c1)N1CC2CCCC2C1. The number of benzene rings is 1. The molecule has 1 aromatic carbocycles. The number of aliphatic hydroxyl groups is 1. The standard InChI is InChI=1S/C14H18ClNO3S/c15-14-6-13(5-4-12(14)9-17)20(18,19)16-7-10-2-1-3-11(10)8-16/h4-6,10-11,17H,1-3,7-9H2. The maximum Gasteiger partial charge on any atom is 0.243 e. The van der Waals surface area contributed by atoms with Gasteiger partial charge in [-0.05, 0) is 42.4 Å². The summed E-state index contributed by atoms with van der Waals surface area (Å²) in [6.45, 7) is 1.08. The predicted molar refractivity (Wildman–Crippen MR) is 77.0 cm³/mol. The van der Waals surface area contributed by atoms with E-state index in [1.807, 2.05) is 0 Å². The van der Waals surface area contributed by atoms with Crippen molar-refractivity contribution < 1.29 is 13.5 Å². The van der Waals surface area contributed by atoms with Gasteiger partial charge in [-0.2, -0.15) is 4.31 Å². The van der Waals surface area contributed by atoms with Crippen molar-refractivity contribution >= 4 is 21.6 Å². The monoisotopic (exact) mass is 315 g/mol.